The van der Waals surface area contributed by atoms with Crippen LogP contribution in [0.15, 0.2) is 0 Å². The Balaban J connectivity index is 2.92. The first-order valence-corrected chi connectivity index (χ1v) is 6.87. The Morgan fingerprint density at radius 2 is 1.13 bits per heavy atom. The Hall–Kier alpha value is -0.440. The maximum atomic E-state index is 3.20. The van der Waals surface area contributed by atoms with Gasteiger partial charge in [-0.25, -0.2) is 0 Å². The molecule has 0 radical (unpaired) electrons. The van der Waals surface area contributed by atoms with E-state index in [1.165, 1.54) is 57.8 Å². The van der Waals surface area contributed by atoms with E-state index in [0.29, 0.717) is 0 Å². The molecule has 0 N–H and O–H groups in total. The minimum Gasteiger partial charge on any atom is -0.104 e. The van der Waals surface area contributed by atoms with Crippen molar-refractivity contribution in [1.29, 1.82) is 0 Å². The largest absolute Gasteiger partial charge is 0.104 e. The Kier molecular flexibility index (Phi) is 13.2. The van der Waals surface area contributed by atoms with E-state index in [1.54, 1.807) is 0 Å². The zero-order valence-electron chi connectivity index (χ0n) is 10.8. The maximum absolute atomic E-state index is 3.20. The lowest BCUT2D eigenvalue weighted by Crippen LogP contribution is -1.80. The lowest BCUT2D eigenvalue weighted by Gasteiger charge is -2.00. The van der Waals surface area contributed by atoms with Crippen LogP contribution in [0.5, 0.6) is 0 Å². The van der Waals surface area contributed by atoms with Gasteiger partial charge in [0.05, 0.1) is 0 Å². The van der Waals surface area contributed by atoms with Gasteiger partial charge in [0.15, 0.2) is 0 Å². The van der Waals surface area contributed by atoms with Gasteiger partial charge >= 0.3 is 0 Å². The van der Waals surface area contributed by atoms with Gasteiger partial charge in [0.1, 0.15) is 0 Å². The monoisotopic (exact) mass is 208 g/mol. The fourth-order valence-electron chi connectivity index (χ4n) is 1.74. The molecule has 0 bridgehead atoms. The van der Waals surface area contributed by atoms with Gasteiger partial charge < -0.3 is 0 Å². The summed E-state index contributed by atoms with van der Waals surface area (Å²) in [6, 6.07) is 0. The molecule has 0 saturated carbocycles. The molecule has 0 aliphatic rings. The molecule has 0 heteroatoms. The van der Waals surface area contributed by atoms with Crippen LogP contribution in [-0.4, -0.2) is 0 Å². The second-order valence-electron chi connectivity index (χ2n) is 4.29. The molecule has 0 amide bonds. The van der Waals surface area contributed by atoms with E-state index in [0.717, 1.165) is 12.8 Å². The summed E-state index contributed by atoms with van der Waals surface area (Å²) in [5, 5.41) is 0. The number of hydrogen-bond donors (Lipinski definition) is 0. The normalized spacial score (nSPS) is 9.73. The van der Waals surface area contributed by atoms with Crippen molar-refractivity contribution in [3.05, 3.63) is 0 Å². The SMILES string of the molecule is CCC#CCCCCCCCCCCC. The first kappa shape index (κ1) is 14.6. The predicted molar refractivity (Wildman–Crippen MR) is 69.9 cm³/mol. The molecule has 0 rings (SSSR count). The quantitative estimate of drug-likeness (QED) is 0.355. The van der Waals surface area contributed by atoms with Crippen LogP contribution >= 0.6 is 0 Å². The van der Waals surface area contributed by atoms with E-state index in [-0.39, 0.29) is 0 Å². The van der Waals surface area contributed by atoms with Crippen LogP contribution in [0.4, 0.5) is 0 Å². The third kappa shape index (κ3) is 13.6. The minimum absolute atomic E-state index is 1.01. The Labute approximate surface area is 96.8 Å². The third-order valence-electron chi connectivity index (χ3n) is 2.71. The standard InChI is InChI=1S/C15H28/c1-3-5-7-9-11-13-15-14-12-10-8-6-4-2/h3-5,7,9-15H2,1-2H3. The van der Waals surface area contributed by atoms with E-state index in [1.807, 2.05) is 0 Å². The summed E-state index contributed by atoms with van der Waals surface area (Å²) in [6.45, 7) is 4.39. The second kappa shape index (κ2) is 13.6. The molecule has 88 valence electrons. The van der Waals surface area contributed by atoms with Gasteiger partial charge in [0.2, 0.25) is 0 Å². The first-order chi connectivity index (χ1) is 7.41. The topological polar surface area (TPSA) is 0 Å². The highest BCUT2D eigenvalue weighted by Gasteiger charge is 1.90. The van der Waals surface area contributed by atoms with Crippen molar-refractivity contribution >= 4 is 0 Å². The van der Waals surface area contributed by atoms with Gasteiger partial charge in [0.25, 0.3) is 0 Å². The fourth-order valence-corrected chi connectivity index (χ4v) is 1.74. The van der Waals surface area contributed by atoms with Crippen molar-refractivity contribution in [3.63, 3.8) is 0 Å². The summed E-state index contributed by atoms with van der Waals surface area (Å²) in [4.78, 5) is 0. The molecule has 0 spiro atoms. The van der Waals surface area contributed by atoms with Crippen molar-refractivity contribution in [2.45, 2.75) is 84.5 Å². The van der Waals surface area contributed by atoms with E-state index >= 15 is 0 Å². The number of hydrogen-bond acceptors (Lipinski definition) is 0. The van der Waals surface area contributed by atoms with Crippen LogP contribution in [0.2, 0.25) is 0 Å². The summed E-state index contributed by atoms with van der Waals surface area (Å²) in [5.74, 6) is 6.33. The van der Waals surface area contributed by atoms with Crippen LogP contribution in [0.1, 0.15) is 84.5 Å². The lowest BCUT2D eigenvalue weighted by molar-refractivity contribution is 0.567. The van der Waals surface area contributed by atoms with Crippen molar-refractivity contribution in [3.8, 4) is 11.8 Å². The molecule has 0 unspecified atom stereocenters. The molecular weight excluding hydrogens is 180 g/mol. The van der Waals surface area contributed by atoms with Crippen LogP contribution in [0, 0.1) is 11.8 Å². The molecule has 0 fully saturated rings. The average molecular weight is 208 g/mol. The molecule has 0 nitrogen and oxygen atoms in total. The van der Waals surface area contributed by atoms with Crippen molar-refractivity contribution in [2.75, 3.05) is 0 Å². The highest BCUT2D eigenvalue weighted by atomic mass is 14.0. The summed E-state index contributed by atoms with van der Waals surface area (Å²) in [6.07, 6.45) is 14.8. The third-order valence-corrected chi connectivity index (χ3v) is 2.71. The zero-order valence-corrected chi connectivity index (χ0v) is 10.8. The lowest BCUT2D eigenvalue weighted by atomic mass is 10.1. The van der Waals surface area contributed by atoms with Crippen molar-refractivity contribution in [1.82, 2.24) is 0 Å². The molecule has 15 heavy (non-hydrogen) atoms. The van der Waals surface area contributed by atoms with Crippen LogP contribution in [-0.2, 0) is 0 Å². The first-order valence-electron chi connectivity index (χ1n) is 6.87. The molecule has 0 atom stereocenters. The molecule has 0 aromatic rings. The maximum Gasteiger partial charge on any atom is 0.00886 e. The van der Waals surface area contributed by atoms with Gasteiger partial charge in [-0.2, -0.15) is 0 Å². The highest BCUT2D eigenvalue weighted by molar-refractivity contribution is 4.97. The van der Waals surface area contributed by atoms with Gasteiger partial charge in [-0.15, -0.1) is 11.8 Å². The van der Waals surface area contributed by atoms with Gasteiger partial charge in [-0.05, 0) is 6.42 Å². The molecule has 0 aromatic carbocycles. The predicted octanol–water partition coefficient (Wildman–Crippen LogP) is 5.32. The smallest absolute Gasteiger partial charge is 0.00886 e. The average Bonchev–Trinajstić information content (AvgIpc) is 2.26. The molecule has 0 saturated heterocycles. The van der Waals surface area contributed by atoms with Crippen LogP contribution < -0.4 is 0 Å². The zero-order chi connectivity index (χ0) is 11.2. The number of unbranched alkanes of at least 4 members (excludes halogenated alkanes) is 9. The molecule has 0 aromatic heterocycles. The van der Waals surface area contributed by atoms with E-state index in [9.17, 15) is 0 Å². The van der Waals surface area contributed by atoms with Crippen LogP contribution in [0.25, 0.3) is 0 Å². The Morgan fingerprint density at radius 1 is 0.600 bits per heavy atom. The number of rotatable bonds is 9. The Bertz CT molecular complexity index is 159. The summed E-state index contributed by atoms with van der Waals surface area (Å²) >= 11 is 0. The Morgan fingerprint density at radius 3 is 1.67 bits per heavy atom. The molecule has 0 heterocycles. The minimum atomic E-state index is 1.01. The summed E-state index contributed by atoms with van der Waals surface area (Å²) in [7, 11) is 0. The molecule has 0 aliphatic heterocycles. The van der Waals surface area contributed by atoms with E-state index in [4.69, 9.17) is 0 Å². The van der Waals surface area contributed by atoms with Crippen molar-refractivity contribution < 1.29 is 0 Å². The second-order valence-corrected chi connectivity index (χ2v) is 4.29. The van der Waals surface area contributed by atoms with E-state index < -0.39 is 0 Å². The van der Waals surface area contributed by atoms with Gasteiger partial charge in [0, 0.05) is 12.8 Å². The van der Waals surface area contributed by atoms with Gasteiger partial charge in [-0.1, -0.05) is 65.2 Å². The van der Waals surface area contributed by atoms with E-state index in [2.05, 4.69) is 25.7 Å². The van der Waals surface area contributed by atoms with Crippen LogP contribution in [0.3, 0.4) is 0 Å². The molecular formula is C15H28. The summed E-state index contributed by atoms with van der Waals surface area (Å²) < 4.78 is 0. The summed E-state index contributed by atoms with van der Waals surface area (Å²) in [5.41, 5.74) is 0. The van der Waals surface area contributed by atoms with Gasteiger partial charge in [-0.3, -0.25) is 0 Å². The van der Waals surface area contributed by atoms with Crippen molar-refractivity contribution in [2.24, 2.45) is 0 Å². The highest BCUT2D eigenvalue weighted by Crippen LogP contribution is 2.10. The molecule has 0 aliphatic carbocycles. The fraction of sp³-hybridized carbons (Fsp3) is 0.867.